The van der Waals surface area contributed by atoms with E-state index in [2.05, 4.69) is 43.3 Å². The number of hydrogen-bond donors (Lipinski definition) is 1. The van der Waals surface area contributed by atoms with Crippen molar-refractivity contribution in [1.82, 2.24) is 10.1 Å². The first kappa shape index (κ1) is 30.1. The van der Waals surface area contributed by atoms with Gasteiger partial charge >= 0.3 is 0 Å². The molecular formula is C33H40N2O6. The summed E-state index contributed by atoms with van der Waals surface area (Å²) in [5.74, 6) is 2.37. The highest BCUT2D eigenvalue weighted by Gasteiger charge is 2.16. The number of pyridine rings is 1. The quantitative estimate of drug-likeness (QED) is 0.166. The van der Waals surface area contributed by atoms with Gasteiger partial charge in [0.15, 0.2) is 12.6 Å². The van der Waals surface area contributed by atoms with Gasteiger partial charge in [0, 0.05) is 42.5 Å². The minimum atomic E-state index is -0.768. The van der Waals surface area contributed by atoms with Crippen molar-refractivity contribution in [3.63, 3.8) is 0 Å². The first-order valence-electron chi connectivity index (χ1n) is 13.9. The lowest BCUT2D eigenvalue weighted by Crippen LogP contribution is -2.22. The van der Waals surface area contributed by atoms with Gasteiger partial charge < -0.3 is 28.6 Å². The predicted octanol–water partition coefficient (Wildman–Crippen LogP) is 6.94. The molecule has 218 valence electrons. The van der Waals surface area contributed by atoms with Crippen LogP contribution in [0.2, 0.25) is 0 Å². The van der Waals surface area contributed by atoms with Gasteiger partial charge in [0.1, 0.15) is 5.75 Å². The smallest absolute Gasteiger partial charge is 0.256 e. The van der Waals surface area contributed by atoms with Crippen molar-refractivity contribution in [3.05, 3.63) is 77.5 Å². The van der Waals surface area contributed by atoms with Crippen LogP contribution in [0, 0.1) is 13.8 Å². The molecule has 4 rings (SSSR count). The molecule has 1 N–H and O–H groups in total. The molecule has 0 aliphatic carbocycles. The summed E-state index contributed by atoms with van der Waals surface area (Å²) in [4.78, 5) is 4.71. The van der Waals surface area contributed by atoms with Crippen molar-refractivity contribution >= 4 is 0 Å². The zero-order valence-electron chi connectivity index (χ0n) is 24.8. The summed E-state index contributed by atoms with van der Waals surface area (Å²) in [6.07, 6.45) is 2.26. The highest BCUT2D eigenvalue weighted by atomic mass is 16.7. The van der Waals surface area contributed by atoms with E-state index in [0.717, 1.165) is 41.0 Å². The number of nitrogens with zero attached hydrogens (tertiary/aromatic N) is 2. The zero-order valence-corrected chi connectivity index (χ0v) is 24.8. The van der Waals surface area contributed by atoms with Crippen LogP contribution in [0.5, 0.6) is 17.5 Å². The van der Waals surface area contributed by atoms with Gasteiger partial charge in [-0.05, 0) is 93.6 Å². The topological polar surface area (TPSA) is 96.1 Å². The first-order chi connectivity index (χ1) is 19.6. The molecule has 0 saturated carbocycles. The standard InChI is InChI=1S/C33H40N2O6/c1-22-19-30(38-18-17-33(4,5)36)34-24(3)32(22)28-10-8-7-9-25(28)12-11-23(2)40-27-15-13-26(14-16-27)29-20-31(35-41-29)39-21-37-6/h7-10,13-16,19-20,23,36H,11-12,17-18,21H2,1-6H3. The third-order valence-electron chi connectivity index (χ3n) is 6.73. The van der Waals surface area contributed by atoms with Crippen LogP contribution >= 0.6 is 0 Å². The SMILES string of the molecule is COCOc1cc(-c2ccc(OC(C)CCc3ccccc3-c3c(C)cc(OCCC(C)(C)O)nc3C)cc2)on1. The summed E-state index contributed by atoms with van der Waals surface area (Å²) in [5.41, 5.74) is 5.69. The maximum atomic E-state index is 9.96. The third-order valence-corrected chi connectivity index (χ3v) is 6.73. The van der Waals surface area contributed by atoms with Crippen LogP contribution in [0.3, 0.4) is 0 Å². The normalized spacial score (nSPS) is 12.3. The van der Waals surface area contributed by atoms with Crippen molar-refractivity contribution < 1.29 is 28.6 Å². The van der Waals surface area contributed by atoms with Crippen molar-refractivity contribution in [2.75, 3.05) is 20.5 Å². The number of aliphatic hydroxyl groups is 1. The Kier molecular flexibility index (Phi) is 10.0. The third kappa shape index (κ3) is 8.55. The summed E-state index contributed by atoms with van der Waals surface area (Å²) in [6, 6.07) is 19.9. The fraction of sp³-hybridized carbons (Fsp3) is 0.394. The molecule has 0 aliphatic heterocycles. The Morgan fingerprint density at radius 1 is 0.976 bits per heavy atom. The van der Waals surface area contributed by atoms with Gasteiger partial charge in [0.05, 0.1) is 18.3 Å². The van der Waals surface area contributed by atoms with Crippen LogP contribution in [0.1, 0.15) is 50.4 Å². The molecule has 1 atom stereocenters. The van der Waals surface area contributed by atoms with Crippen LogP contribution in [-0.2, 0) is 11.2 Å². The summed E-state index contributed by atoms with van der Waals surface area (Å²) in [6.45, 7) is 10.3. The lowest BCUT2D eigenvalue weighted by Gasteiger charge is -2.19. The Balaban J connectivity index is 1.37. The molecule has 0 bridgehead atoms. The van der Waals surface area contributed by atoms with Gasteiger partial charge in [-0.15, -0.1) is 0 Å². The molecule has 0 aliphatic rings. The van der Waals surface area contributed by atoms with E-state index < -0.39 is 5.60 Å². The van der Waals surface area contributed by atoms with Crippen LogP contribution in [0.15, 0.2) is 65.2 Å². The number of methoxy groups -OCH3 is 1. The number of aromatic nitrogens is 2. The average Bonchev–Trinajstić information content (AvgIpc) is 3.40. The average molecular weight is 561 g/mol. The summed E-state index contributed by atoms with van der Waals surface area (Å²) in [5, 5.41) is 13.8. The zero-order chi connectivity index (χ0) is 29.4. The molecule has 8 nitrogen and oxygen atoms in total. The van der Waals surface area contributed by atoms with Gasteiger partial charge in [-0.2, -0.15) is 0 Å². The van der Waals surface area contributed by atoms with Crippen molar-refractivity contribution in [3.8, 4) is 40.0 Å². The van der Waals surface area contributed by atoms with Crippen LogP contribution in [0.25, 0.3) is 22.5 Å². The Morgan fingerprint density at radius 3 is 2.44 bits per heavy atom. The lowest BCUT2D eigenvalue weighted by molar-refractivity contribution is 0.0453. The summed E-state index contributed by atoms with van der Waals surface area (Å²) < 4.78 is 27.6. The fourth-order valence-corrected chi connectivity index (χ4v) is 4.60. The first-order valence-corrected chi connectivity index (χ1v) is 13.9. The second-order valence-electron chi connectivity index (χ2n) is 10.9. The molecule has 0 radical (unpaired) electrons. The molecule has 0 spiro atoms. The second kappa shape index (κ2) is 13.7. The van der Waals surface area contributed by atoms with Gasteiger partial charge in [-0.3, -0.25) is 0 Å². The lowest BCUT2D eigenvalue weighted by atomic mass is 9.92. The van der Waals surface area contributed by atoms with E-state index in [1.807, 2.05) is 37.3 Å². The van der Waals surface area contributed by atoms with Crippen LogP contribution in [0.4, 0.5) is 0 Å². The number of benzene rings is 2. The number of hydrogen-bond acceptors (Lipinski definition) is 8. The van der Waals surface area contributed by atoms with E-state index in [-0.39, 0.29) is 12.9 Å². The minimum Gasteiger partial charge on any atom is -0.491 e. The molecule has 0 fully saturated rings. The van der Waals surface area contributed by atoms with Crippen molar-refractivity contribution in [2.24, 2.45) is 0 Å². The van der Waals surface area contributed by atoms with E-state index in [1.165, 1.54) is 11.1 Å². The van der Waals surface area contributed by atoms with E-state index in [4.69, 9.17) is 28.5 Å². The van der Waals surface area contributed by atoms with Crippen LogP contribution in [-0.4, -0.2) is 47.5 Å². The second-order valence-corrected chi connectivity index (χ2v) is 10.9. The molecule has 2 heterocycles. The summed E-state index contributed by atoms with van der Waals surface area (Å²) in [7, 11) is 1.55. The number of rotatable bonds is 14. The Hall–Kier alpha value is -3.88. The molecule has 4 aromatic rings. The van der Waals surface area contributed by atoms with Gasteiger partial charge in [0.25, 0.3) is 5.88 Å². The highest BCUT2D eigenvalue weighted by Crippen LogP contribution is 2.33. The Bertz CT molecular complexity index is 1380. The largest absolute Gasteiger partial charge is 0.491 e. The van der Waals surface area contributed by atoms with Gasteiger partial charge in [0.2, 0.25) is 5.88 Å². The molecule has 8 heteroatoms. The Morgan fingerprint density at radius 2 is 1.73 bits per heavy atom. The Labute approximate surface area is 242 Å². The van der Waals surface area contributed by atoms with Gasteiger partial charge in [-0.25, -0.2) is 4.98 Å². The van der Waals surface area contributed by atoms with E-state index in [9.17, 15) is 5.11 Å². The monoisotopic (exact) mass is 560 g/mol. The van der Waals surface area contributed by atoms with E-state index in [0.29, 0.717) is 30.5 Å². The molecule has 41 heavy (non-hydrogen) atoms. The van der Waals surface area contributed by atoms with Crippen LogP contribution < -0.4 is 14.2 Å². The predicted molar refractivity (Wildman–Crippen MR) is 158 cm³/mol. The molecular weight excluding hydrogens is 520 g/mol. The van der Waals surface area contributed by atoms with E-state index in [1.54, 1.807) is 27.0 Å². The molecule has 0 amide bonds. The van der Waals surface area contributed by atoms with Crippen molar-refractivity contribution in [2.45, 2.75) is 65.6 Å². The maximum Gasteiger partial charge on any atom is 0.256 e. The minimum absolute atomic E-state index is 0.0140. The molecule has 1 unspecified atom stereocenters. The number of aryl methyl sites for hydroxylation is 3. The van der Waals surface area contributed by atoms with Gasteiger partial charge in [-0.1, -0.05) is 24.3 Å². The molecule has 2 aromatic carbocycles. The number of ether oxygens (including phenoxy) is 4. The molecule has 2 aromatic heterocycles. The highest BCUT2D eigenvalue weighted by molar-refractivity contribution is 5.73. The van der Waals surface area contributed by atoms with Crippen molar-refractivity contribution in [1.29, 1.82) is 0 Å². The molecule has 0 saturated heterocycles. The maximum absolute atomic E-state index is 9.96. The van der Waals surface area contributed by atoms with E-state index >= 15 is 0 Å². The fourth-order valence-electron chi connectivity index (χ4n) is 4.60. The summed E-state index contributed by atoms with van der Waals surface area (Å²) >= 11 is 0.